The van der Waals surface area contributed by atoms with Crippen LogP contribution >= 0.6 is 11.3 Å². The fourth-order valence-electron chi connectivity index (χ4n) is 2.15. The Morgan fingerprint density at radius 2 is 2.08 bits per heavy atom. The number of anilines is 1. The highest BCUT2D eigenvalue weighted by atomic mass is 32.1. The van der Waals surface area contributed by atoms with Crippen molar-refractivity contribution in [1.29, 1.82) is 0 Å². The maximum atomic E-state index is 11.9. The number of nitrogens with zero attached hydrogens (tertiary/aromatic N) is 1. The zero-order chi connectivity index (χ0) is 18.0. The van der Waals surface area contributed by atoms with Crippen molar-refractivity contribution in [3.8, 4) is 21.8 Å². The zero-order valence-corrected chi connectivity index (χ0v) is 14.8. The molecular weight excluding hydrogens is 342 g/mol. The Kier molecular flexibility index (Phi) is 4.45. The first-order valence-corrected chi connectivity index (χ1v) is 8.43. The van der Waals surface area contributed by atoms with Gasteiger partial charge in [-0.3, -0.25) is 14.8 Å². The molecule has 3 aromatic rings. The number of thiophene rings is 1. The van der Waals surface area contributed by atoms with Crippen molar-refractivity contribution in [1.82, 2.24) is 10.1 Å². The largest absolute Gasteiger partial charge is 0.444 e. The average Bonchev–Trinajstić information content (AvgIpc) is 3.14. The third-order valence-corrected chi connectivity index (χ3v) is 4.05. The number of carbonyl (C=O) groups is 1. The smallest absolute Gasteiger partial charge is 0.439 e. The van der Waals surface area contributed by atoms with E-state index in [4.69, 9.17) is 4.74 Å². The summed E-state index contributed by atoms with van der Waals surface area (Å²) < 4.78 is 9.77. The SMILES string of the molecule is CC(C)(C)OC(=O)Nc1cccc(-c2csc(-c3noc(=O)[nH]3)c2)c1. The molecule has 0 spiro atoms. The van der Waals surface area contributed by atoms with Gasteiger partial charge in [0, 0.05) is 5.69 Å². The molecule has 7 nitrogen and oxygen atoms in total. The van der Waals surface area contributed by atoms with E-state index in [-0.39, 0.29) is 0 Å². The number of hydrogen-bond acceptors (Lipinski definition) is 6. The van der Waals surface area contributed by atoms with Gasteiger partial charge in [-0.2, -0.15) is 0 Å². The van der Waals surface area contributed by atoms with Gasteiger partial charge in [-0.25, -0.2) is 9.59 Å². The number of nitrogens with one attached hydrogen (secondary N) is 2. The molecule has 0 aliphatic carbocycles. The van der Waals surface area contributed by atoms with Crippen molar-refractivity contribution < 1.29 is 14.1 Å². The summed E-state index contributed by atoms with van der Waals surface area (Å²) in [6, 6.07) is 9.30. The molecule has 0 bridgehead atoms. The molecule has 0 aliphatic rings. The minimum Gasteiger partial charge on any atom is -0.444 e. The molecule has 2 heterocycles. The first kappa shape index (κ1) is 17.0. The van der Waals surface area contributed by atoms with Gasteiger partial charge < -0.3 is 4.74 Å². The maximum absolute atomic E-state index is 11.9. The van der Waals surface area contributed by atoms with Crippen LogP contribution in [0, 0.1) is 0 Å². The van der Waals surface area contributed by atoms with Crippen molar-refractivity contribution in [2.45, 2.75) is 26.4 Å². The number of hydrogen-bond donors (Lipinski definition) is 2. The fourth-order valence-corrected chi connectivity index (χ4v) is 3.00. The fraction of sp³-hybridized carbons (Fsp3) is 0.235. The molecule has 1 aromatic carbocycles. The van der Waals surface area contributed by atoms with Crippen LogP contribution in [0.1, 0.15) is 20.8 Å². The second-order valence-corrected chi connectivity index (χ2v) is 7.26. The lowest BCUT2D eigenvalue weighted by Gasteiger charge is -2.19. The van der Waals surface area contributed by atoms with Gasteiger partial charge in [0.2, 0.25) is 0 Å². The van der Waals surface area contributed by atoms with Crippen LogP contribution in [-0.2, 0) is 4.74 Å². The first-order valence-electron chi connectivity index (χ1n) is 7.55. The van der Waals surface area contributed by atoms with Crippen LogP contribution in [0.15, 0.2) is 45.0 Å². The third kappa shape index (κ3) is 4.36. The molecule has 2 N–H and O–H groups in total. The van der Waals surface area contributed by atoms with Gasteiger partial charge in [-0.05, 0) is 55.5 Å². The molecule has 130 valence electrons. The number of carbonyl (C=O) groups excluding carboxylic acids is 1. The van der Waals surface area contributed by atoms with Crippen LogP contribution in [0.3, 0.4) is 0 Å². The zero-order valence-electron chi connectivity index (χ0n) is 14.0. The number of benzene rings is 1. The minimum atomic E-state index is -0.589. The summed E-state index contributed by atoms with van der Waals surface area (Å²) in [6.07, 6.45) is -0.504. The van der Waals surface area contributed by atoms with E-state index in [0.717, 1.165) is 16.0 Å². The molecule has 1 amide bonds. The van der Waals surface area contributed by atoms with E-state index >= 15 is 0 Å². The van der Waals surface area contributed by atoms with Crippen LogP contribution in [0.5, 0.6) is 0 Å². The van der Waals surface area contributed by atoms with E-state index in [1.807, 2.05) is 50.4 Å². The van der Waals surface area contributed by atoms with Crippen LogP contribution in [0.4, 0.5) is 10.5 Å². The lowest BCUT2D eigenvalue weighted by Crippen LogP contribution is -2.27. The van der Waals surface area contributed by atoms with Crippen LogP contribution in [0.2, 0.25) is 0 Å². The van der Waals surface area contributed by atoms with E-state index in [1.165, 1.54) is 11.3 Å². The average molecular weight is 359 g/mol. The van der Waals surface area contributed by atoms with Gasteiger partial charge in [0.1, 0.15) is 5.60 Å². The third-order valence-electron chi connectivity index (χ3n) is 3.11. The molecule has 3 rings (SSSR count). The lowest BCUT2D eigenvalue weighted by molar-refractivity contribution is 0.0636. The van der Waals surface area contributed by atoms with Crippen molar-refractivity contribution in [3.05, 3.63) is 46.3 Å². The number of H-pyrrole nitrogens is 1. The van der Waals surface area contributed by atoms with Gasteiger partial charge in [0.25, 0.3) is 0 Å². The molecular formula is C17H17N3O4S. The quantitative estimate of drug-likeness (QED) is 0.733. The summed E-state index contributed by atoms with van der Waals surface area (Å²) in [7, 11) is 0. The molecule has 0 atom stereocenters. The van der Waals surface area contributed by atoms with E-state index < -0.39 is 17.5 Å². The van der Waals surface area contributed by atoms with Crippen LogP contribution in [-0.4, -0.2) is 21.8 Å². The molecule has 8 heteroatoms. The predicted octanol–water partition coefficient (Wildman–Crippen LogP) is 4.11. The summed E-state index contributed by atoms with van der Waals surface area (Å²) in [6.45, 7) is 5.43. The first-order chi connectivity index (χ1) is 11.8. The normalized spacial score (nSPS) is 11.3. The maximum Gasteiger partial charge on any atom is 0.439 e. The molecule has 0 fully saturated rings. The Balaban J connectivity index is 1.79. The number of aromatic nitrogens is 2. The molecule has 0 radical (unpaired) electrons. The van der Waals surface area contributed by atoms with Gasteiger partial charge in [0.05, 0.1) is 4.88 Å². The molecule has 0 unspecified atom stereocenters. The van der Waals surface area contributed by atoms with Crippen molar-refractivity contribution >= 4 is 23.1 Å². The number of ether oxygens (including phenoxy) is 1. The molecule has 0 saturated carbocycles. The van der Waals surface area contributed by atoms with E-state index in [0.29, 0.717) is 11.5 Å². The highest BCUT2D eigenvalue weighted by Crippen LogP contribution is 2.31. The second-order valence-electron chi connectivity index (χ2n) is 6.35. The summed E-state index contributed by atoms with van der Waals surface area (Å²) in [4.78, 5) is 26.2. The van der Waals surface area contributed by atoms with Gasteiger partial charge in [-0.15, -0.1) is 11.3 Å². The molecule has 0 saturated heterocycles. The van der Waals surface area contributed by atoms with Crippen molar-refractivity contribution in [3.63, 3.8) is 0 Å². The van der Waals surface area contributed by atoms with E-state index in [2.05, 4.69) is 20.0 Å². The lowest BCUT2D eigenvalue weighted by atomic mass is 10.1. The van der Waals surface area contributed by atoms with Crippen molar-refractivity contribution in [2.75, 3.05) is 5.32 Å². The Bertz CT molecular complexity index is 949. The summed E-state index contributed by atoms with van der Waals surface area (Å²) in [5.41, 5.74) is 1.94. The molecule has 0 aliphatic heterocycles. The van der Waals surface area contributed by atoms with Crippen LogP contribution in [0.25, 0.3) is 21.8 Å². The Morgan fingerprint density at radius 3 is 2.76 bits per heavy atom. The second kappa shape index (κ2) is 6.56. The summed E-state index contributed by atoms with van der Waals surface area (Å²) >= 11 is 1.43. The summed E-state index contributed by atoms with van der Waals surface area (Å²) in [5, 5.41) is 8.34. The minimum absolute atomic E-state index is 0.393. The molecule has 25 heavy (non-hydrogen) atoms. The van der Waals surface area contributed by atoms with Crippen LogP contribution < -0.4 is 11.1 Å². The Labute approximate surface area is 147 Å². The number of aromatic amines is 1. The Morgan fingerprint density at radius 1 is 1.28 bits per heavy atom. The highest BCUT2D eigenvalue weighted by Gasteiger charge is 2.16. The van der Waals surface area contributed by atoms with Crippen molar-refractivity contribution in [2.24, 2.45) is 0 Å². The standard InChI is InChI=1S/C17H17N3O4S/c1-17(2,3)23-15(21)18-12-6-4-5-10(7-12)11-8-13(25-9-11)14-19-16(22)24-20-14/h4-9H,1-3H3,(H,18,21)(H,19,20,22). The monoisotopic (exact) mass is 359 g/mol. The molecule has 2 aromatic heterocycles. The summed E-state index contributed by atoms with van der Waals surface area (Å²) in [5.74, 6) is -0.196. The van der Waals surface area contributed by atoms with Gasteiger partial charge in [-0.1, -0.05) is 17.3 Å². The van der Waals surface area contributed by atoms with Gasteiger partial charge >= 0.3 is 11.8 Å². The Hall–Kier alpha value is -2.87. The van der Waals surface area contributed by atoms with E-state index in [9.17, 15) is 9.59 Å². The number of amides is 1. The van der Waals surface area contributed by atoms with E-state index in [1.54, 1.807) is 6.07 Å². The predicted molar refractivity (Wildman–Crippen MR) is 95.7 cm³/mol. The topological polar surface area (TPSA) is 97.2 Å². The van der Waals surface area contributed by atoms with Gasteiger partial charge in [0.15, 0.2) is 5.82 Å². The number of rotatable bonds is 3. The highest BCUT2D eigenvalue weighted by molar-refractivity contribution is 7.13.